The number of ether oxygens (including phenoxy) is 4. The first kappa shape index (κ1) is 19.0. The van der Waals surface area contributed by atoms with Crippen molar-refractivity contribution in [1.29, 1.82) is 0 Å². The molecule has 3 rings (SSSR count). The lowest BCUT2D eigenvalue weighted by molar-refractivity contribution is 0.101. The second kappa shape index (κ2) is 7.88. The Morgan fingerprint density at radius 1 is 0.963 bits per heavy atom. The number of hydrogen-bond acceptors (Lipinski definition) is 6. The van der Waals surface area contributed by atoms with Crippen LogP contribution in [0.1, 0.15) is 40.0 Å². The highest BCUT2D eigenvalue weighted by Gasteiger charge is 2.30. The van der Waals surface area contributed by atoms with E-state index < -0.39 is 0 Å². The number of benzene rings is 2. The van der Waals surface area contributed by atoms with E-state index in [1.165, 1.54) is 6.92 Å². The summed E-state index contributed by atoms with van der Waals surface area (Å²) in [5.74, 6) is 2.50. The van der Waals surface area contributed by atoms with Crippen LogP contribution in [0, 0.1) is 0 Å². The molecule has 0 saturated carbocycles. The molecule has 0 bridgehead atoms. The van der Waals surface area contributed by atoms with E-state index in [4.69, 9.17) is 18.9 Å². The molecule has 27 heavy (non-hydrogen) atoms. The maximum atomic E-state index is 12.1. The fourth-order valence-electron chi connectivity index (χ4n) is 3.67. The van der Waals surface area contributed by atoms with E-state index in [1.54, 1.807) is 34.5 Å². The lowest BCUT2D eigenvalue weighted by atomic mass is 9.87. The minimum absolute atomic E-state index is 0.0564. The highest BCUT2D eigenvalue weighted by Crippen LogP contribution is 2.44. The topological polar surface area (TPSA) is 66.0 Å². The van der Waals surface area contributed by atoms with Crippen molar-refractivity contribution in [2.24, 2.45) is 0 Å². The molecule has 6 heteroatoms. The number of fused-ring (bicyclic) bond motifs is 1. The Balaban J connectivity index is 2.25. The van der Waals surface area contributed by atoms with Gasteiger partial charge in [0.15, 0.2) is 17.3 Å². The smallest absolute Gasteiger partial charge is 0.163 e. The van der Waals surface area contributed by atoms with Gasteiger partial charge in [0.05, 0.1) is 45.6 Å². The van der Waals surface area contributed by atoms with Gasteiger partial charge in [0, 0.05) is 6.54 Å². The molecule has 1 aliphatic heterocycles. The molecule has 0 saturated heterocycles. The van der Waals surface area contributed by atoms with Crippen LogP contribution in [-0.4, -0.2) is 40.8 Å². The zero-order valence-corrected chi connectivity index (χ0v) is 16.3. The summed E-state index contributed by atoms with van der Waals surface area (Å²) in [5.41, 5.74) is 3.55. The lowest BCUT2D eigenvalue weighted by Crippen LogP contribution is -2.31. The predicted molar refractivity (Wildman–Crippen MR) is 103 cm³/mol. The summed E-state index contributed by atoms with van der Waals surface area (Å²) in [5, 5.41) is 3.53. The predicted octanol–water partition coefficient (Wildman–Crippen LogP) is 3.16. The first-order valence-corrected chi connectivity index (χ1v) is 8.79. The highest BCUT2D eigenvalue weighted by atomic mass is 16.5. The molecule has 0 aromatic heterocycles. The minimum atomic E-state index is -0.197. The molecule has 1 heterocycles. The molecule has 0 radical (unpaired) electrons. The van der Waals surface area contributed by atoms with Gasteiger partial charge in [-0.1, -0.05) is 0 Å². The van der Waals surface area contributed by atoms with Gasteiger partial charge in [-0.05, 0) is 48.7 Å². The van der Waals surface area contributed by atoms with Crippen LogP contribution in [0.25, 0.3) is 0 Å². The molecule has 1 N–H and O–H groups in total. The molecule has 1 unspecified atom stereocenters. The van der Waals surface area contributed by atoms with Crippen LogP contribution in [0.5, 0.6) is 23.0 Å². The Morgan fingerprint density at radius 3 is 2.22 bits per heavy atom. The molecule has 144 valence electrons. The van der Waals surface area contributed by atoms with Gasteiger partial charge in [-0.25, -0.2) is 0 Å². The van der Waals surface area contributed by atoms with Crippen LogP contribution in [0.15, 0.2) is 24.3 Å². The number of hydrogen-bond donors (Lipinski definition) is 1. The van der Waals surface area contributed by atoms with Crippen molar-refractivity contribution < 1.29 is 23.7 Å². The molecule has 6 nitrogen and oxygen atoms in total. The Labute approximate surface area is 159 Å². The third-order valence-corrected chi connectivity index (χ3v) is 4.95. The standard InChI is InChI=1S/C21H25NO5/c1-12(23)14-6-7-16(24-2)19(21(14)27-5)20-15-11-18(26-4)17(25-3)10-13(15)8-9-22-20/h6-7,10-11,20,22H,8-9H2,1-5H3. The number of carbonyl (C=O) groups is 1. The van der Waals surface area contributed by atoms with Crippen molar-refractivity contribution in [3.63, 3.8) is 0 Å². The molecular weight excluding hydrogens is 346 g/mol. The van der Waals surface area contributed by atoms with E-state index in [0.717, 1.165) is 29.7 Å². The Hall–Kier alpha value is -2.73. The summed E-state index contributed by atoms with van der Waals surface area (Å²) in [6.07, 6.45) is 0.864. The van der Waals surface area contributed by atoms with Gasteiger partial charge >= 0.3 is 0 Å². The number of Topliss-reactive ketones (excluding diaryl/α,β-unsaturated/α-hetero) is 1. The summed E-state index contributed by atoms with van der Waals surface area (Å²) in [6.45, 7) is 2.31. The highest BCUT2D eigenvalue weighted by molar-refractivity contribution is 5.97. The van der Waals surface area contributed by atoms with Crippen LogP contribution in [-0.2, 0) is 6.42 Å². The molecule has 1 atom stereocenters. The van der Waals surface area contributed by atoms with Gasteiger partial charge < -0.3 is 24.3 Å². The maximum absolute atomic E-state index is 12.1. The fourth-order valence-corrected chi connectivity index (χ4v) is 3.67. The third kappa shape index (κ3) is 3.32. The number of carbonyl (C=O) groups excluding carboxylic acids is 1. The third-order valence-electron chi connectivity index (χ3n) is 4.95. The lowest BCUT2D eigenvalue weighted by Gasteiger charge is -2.31. The van der Waals surface area contributed by atoms with E-state index in [0.29, 0.717) is 28.6 Å². The monoisotopic (exact) mass is 371 g/mol. The summed E-state index contributed by atoms with van der Waals surface area (Å²) >= 11 is 0. The normalized spacial score (nSPS) is 15.7. The van der Waals surface area contributed by atoms with Gasteiger partial charge in [-0.15, -0.1) is 0 Å². The molecule has 2 aromatic carbocycles. The van der Waals surface area contributed by atoms with Crippen molar-refractivity contribution in [2.75, 3.05) is 35.0 Å². The van der Waals surface area contributed by atoms with E-state index in [-0.39, 0.29) is 11.8 Å². The summed E-state index contributed by atoms with van der Waals surface area (Å²) in [6, 6.07) is 7.34. The maximum Gasteiger partial charge on any atom is 0.163 e. The zero-order valence-electron chi connectivity index (χ0n) is 16.3. The van der Waals surface area contributed by atoms with E-state index >= 15 is 0 Å². The van der Waals surface area contributed by atoms with Crippen molar-refractivity contribution in [3.8, 4) is 23.0 Å². The van der Waals surface area contributed by atoms with Gasteiger partial charge in [0.2, 0.25) is 0 Å². The van der Waals surface area contributed by atoms with Crippen molar-refractivity contribution in [3.05, 3.63) is 46.5 Å². The Kier molecular flexibility index (Phi) is 5.56. The number of rotatable bonds is 6. The Morgan fingerprint density at radius 2 is 1.63 bits per heavy atom. The van der Waals surface area contributed by atoms with Crippen LogP contribution in [0.4, 0.5) is 0 Å². The van der Waals surface area contributed by atoms with Crippen molar-refractivity contribution in [1.82, 2.24) is 5.32 Å². The largest absolute Gasteiger partial charge is 0.496 e. The van der Waals surface area contributed by atoms with E-state index in [1.807, 2.05) is 18.2 Å². The van der Waals surface area contributed by atoms with Gasteiger partial charge in [0.1, 0.15) is 11.5 Å². The number of nitrogens with one attached hydrogen (secondary N) is 1. The second-order valence-electron chi connectivity index (χ2n) is 6.36. The van der Waals surface area contributed by atoms with Crippen LogP contribution in [0.2, 0.25) is 0 Å². The Bertz CT molecular complexity index is 862. The molecule has 0 aliphatic carbocycles. The number of methoxy groups -OCH3 is 4. The van der Waals surface area contributed by atoms with Gasteiger partial charge in [-0.3, -0.25) is 4.79 Å². The molecule has 0 amide bonds. The second-order valence-corrected chi connectivity index (χ2v) is 6.36. The molecule has 0 fully saturated rings. The van der Waals surface area contributed by atoms with E-state index in [2.05, 4.69) is 5.32 Å². The summed E-state index contributed by atoms with van der Waals surface area (Å²) < 4.78 is 22.2. The first-order chi connectivity index (χ1) is 13.0. The average Bonchev–Trinajstić information content (AvgIpc) is 2.70. The summed E-state index contributed by atoms with van der Waals surface area (Å²) in [4.78, 5) is 12.1. The van der Waals surface area contributed by atoms with E-state index in [9.17, 15) is 4.79 Å². The molecular formula is C21H25NO5. The SMILES string of the molecule is COc1cc2c(cc1OC)C(c1c(OC)ccc(C(C)=O)c1OC)NCC2. The minimum Gasteiger partial charge on any atom is -0.496 e. The summed E-state index contributed by atoms with van der Waals surface area (Å²) in [7, 11) is 6.44. The van der Waals surface area contributed by atoms with Crippen LogP contribution >= 0.6 is 0 Å². The van der Waals surface area contributed by atoms with Crippen LogP contribution in [0.3, 0.4) is 0 Å². The number of ketones is 1. The molecule has 0 spiro atoms. The van der Waals surface area contributed by atoms with Gasteiger partial charge in [-0.2, -0.15) is 0 Å². The average molecular weight is 371 g/mol. The van der Waals surface area contributed by atoms with Crippen LogP contribution < -0.4 is 24.3 Å². The van der Waals surface area contributed by atoms with Crippen molar-refractivity contribution >= 4 is 5.78 Å². The first-order valence-electron chi connectivity index (χ1n) is 8.79. The quantitative estimate of drug-likeness (QED) is 0.787. The van der Waals surface area contributed by atoms with Crippen molar-refractivity contribution in [2.45, 2.75) is 19.4 Å². The zero-order chi connectivity index (χ0) is 19.6. The fraction of sp³-hybridized carbons (Fsp3) is 0.381. The van der Waals surface area contributed by atoms with Gasteiger partial charge in [0.25, 0.3) is 0 Å². The molecule has 1 aliphatic rings. The molecule has 2 aromatic rings.